The number of rotatable bonds is 11. The highest BCUT2D eigenvalue weighted by atomic mass is 32.2. The van der Waals surface area contributed by atoms with Gasteiger partial charge in [-0.05, 0) is 42.8 Å². The predicted octanol–water partition coefficient (Wildman–Crippen LogP) is 3.56. The highest BCUT2D eigenvalue weighted by molar-refractivity contribution is 7.89. The third-order valence-corrected chi connectivity index (χ3v) is 5.36. The molecule has 0 unspecified atom stereocenters. The van der Waals surface area contributed by atoms with Crippen LogP contribution >= 0.6 is 0 Å². The molecule has 6 nitrogen and oxygen atoms in total. The summed E-state index contributed by atoms with van der Waals surface area (Å²) in [6, 6.07) is 15.1. The third kappa shape index (κ3) is 7.40. The minimum absolute atomic E-state index is 0.122. The normalized spacial score (nSPS) is 11.1. The van der Waals surface area contributed by atoms with Crippen molar-refractivity contribution in [3.63, 3.8) is 0 Å². The number of benzene rings is 2. The van der Waals surface area contributed by atoms with Gasteiger partial charge in [0.25, 0.3) is 5.91 Å². The van der Waals surface area contributed by atoms with E-state index in [0.29, 0.717) is 18.0 Å². The number of unbranched alkanes of at least 4 members (excludes halogenated alkanes) is 3. The van der Waals surface area contributed by atoms with Crippen LogP contribution in [0.25, 0.3) is 0 Å². The Labute approximate surface area is 161 Å². The molecule has 27 heavy (non-hydrogen) atoms. The number of carbonyl (C=O) groups excluding carboxylic acids is 1. The van der Waals surface area contributed by atoms with E-state index in [1.54, 1.807) is 24.3 Å². The molecular weight excluding hydrogens is 364 g/mol. The van der Waals surface area contributed by atoms with Gasteiger partial charge in [0.2, 0.25) is 10.0 Å². The second-order valence-corrected chi connectivity index (χ2v) is 7.90. The van der Waals surface area contributed by atoms with Gasteiger partial charge in [0.05, 0.1) is 4.90 Å². The first-order valence-corrected chi connectivity index (χ1v) is 10.6. The maximum atomic E-state index is 12.2. The van der Waals surface area contributed by atoms with Crippen molar-refractivity contribution in [3.05, 3.63) is 54.6 Å². The Bertz CT molecular complexity index is 806. The number of carbonyl (C=O) groups is 1. The summed E-state index contributed by atoms with van der Waals surface area (Å²) < 4.78 is 32.4. The zero-order chi connectivity index (χ0) is 19.5. The molecule has 0 atom stereocenters. The third-order valence-electron chi connectivity index (χ3n) is 3.88. The van der Waals surface area contributed by atoms with E-state index in [9.17, 15) is 13.2 Å². The van der Waals surface area contributed by atoms with Crippen LogP contribution in [-0.2, 0) is 14.8 Å². The van der Waals surface area contributed by atoms with Crippen LogP contribution in [0.1, 0.15) is 32.6 Å². The quantitative estimate of drug-likeness (QED) is 0.575. The zero-order valence-corrected chi connectivity index (χ0v) is 16.3. The van der Waals surface area contributed by atoms with E-state index in [4.69, 9.17) is 4.74 Å². The summed E-state index contributed by atoms with van der Waals surface area (Å²) in [4.78, 5) is 12.1. The van der Waals surface area contributed by atoms with Crippen LogP contribution in [0.2, 0.25) is 0 Å². The van der Waals surface area contributed by atoms with Gasteiger partial charge in [-0.1, -0.05) is 44.4 Å². The molecule has 2 aromatic rings. The zero-order valence-electron chi connectivity index (χ0n) is 15.5. The number of hydrogen-bond acceptors (Lipinski definition) is 4. The Morgan fingerprint density at radius 1 is 0.963 bits per heavy atom. The summed E-state index contributed by atoms with van der Waals surface area (Å²) in [6.45, 7) is 2.42. The number of sulfonamides is 1. The number of ether oxygens (including phenoxy) is 1. The summed E-state index contributed by atoms with van der Waals surface area (Å²) >= 11 is 0. The van der Waals surface area contributed by atoms with Crippen molar-refractivity contribution in [1.82, 2.24) is 4.72 Å². The summed E-state index contributed by atoms with van der Waals surface area (Å²) in [5.41, 5.74) is 0.513. The Kier molecular flexibility index (Phi) is 8.29. The topological polar surface area (TPSA) is 84.5 Å². The number of anilines is 1. The van der Waals surface area contributed by atoms with Gasteiger partial charge in [0.15, 0.2) is 6.61 Å². The van der Waals surface area contributed by atoms with E-state index >= 15 is 0 Å². The van der Waals surface area contributed by atoms with Crippen LogP contribution in [0.3, 0.4) is 0 Å². The van der Waals surface area contributed by atoms with Gasteiger partial charge < -0.3 is 10.1 Å². The lowest BCUT2D eigenvalue weighted by Crippen LogP contribution is -2.25. The van der Waals surface area contributed by atoms with Crippen molar-refractivity contribution in [2.75, 3.05) is 18.5 Å². The van der Waals surface area contributed by atoms with Crippen LogP contribution in [0.4, 0.5) is 5.69 Å². The molecule has 0 aliphatic rings. The maximum Gasteiger partial charge on any atom is 0.262 e. The summed E-state index contributed by atoms with van der Waals surface area (Å²) in [5, 5.41) is 2.68. The van der Waals surface area contributed by atoms with E-state index in [2.05, 4.69) is 17.0 Å². The molecule has 0 aliphatic carbocycles. The van der Waals surface area contributed by atoms with Crippen LogP contribution in [0.5, 0.6) is 5.75 Å². The van der Waals surface area contributed by atoms with E-state index in [0.717, 1.165) is 25.7 Å². The molecule has 0 saturated carbocycles. The largest absolute Gasteiger partial charge is 0.484 e. The Morgan fingerprint density at radius 3 is 2.33 bits per heavy atom. The summed E-state index contributed by atoms with van der Waals surface area (Å²) in [5.74, 6) is 0.294. The number of amides is 1. The molecule has 2 N–H and O–H groups in total. The lowest BCUT2D eigenvalue weighted by Gasteiger charge is -2.09. The number of nitrogens with one attached hydrogen (secondary N) is 2. The first kappa shape index (κ1) is 20.9. The second kappa shape index (κ2) is 10.7. The maximum absolute atomic E-state index is 12.2. The van der Waals surface area contributed by atoms with Gasteiger partial charge in [0, 0.05) is 12.2 Å². The van der Waals surface area contributed by atoms with Gasteiger partial charge in [-0.3, -0.25) is 4.79 Å². The van der Waals surface area contributed by atoms with Gasteiger partial charge in [-0.25, -0.2) is 13.1 Å². The fourth-order valence-corrected chi connectivity index (χ4v) is 3.50. The first-order valence-electron chi connectivity index (χ1n) is 9.08. The molecule has 0 spiro atoms. The van der Waals surface area contributed by atoms with Crippen molar-refractivity contribution in [1.29, 1.82) is 0 Å². The Hall–Kier alpha value is -2.38. The van der Waals surface area contributed by atoms with Gasteiger partial charge >= 0.3 is 0 Å². The SMILES string of the molecule is CCCCCCNS(=O)(=O)c1ccc(NC(=O)COc2ccccc2)cc1. The minimum atomic E-state index is -3.53. The lowest BCUT2D eigenvalue weighted by atomic mass is 10.2. The number of para-hydroxylation sites is 1. The molecule has 0 aromatic heterocycles. The molecule has 2 rings (SSSR count). The molecule has 0 aliphatic heterocycles. The highest BCUT2D eigenvalue weighted by Gasteiger charge is 2.13. The average molecular weight is 391 g/mol. The molecule has 7 heteroatoms. The standard InChI is InChI=1S/C20H26N2O4S/c1-2-3-4-8-15-21-27(24,25)19-13-11-17(12-14-19)22-20(23)16-26-18-9-6-5-7-10-18/h5-7,9-14,21H,2-4,8,15-16H2,1H3,(H,22,23). The van der Waals surface area contributed by atoms with Crippen LogP contribution < -0.4 is 14.8 Å². The molecule has 0 saturated heterocycles. The minimum Gasteiger partial charge on any atom is -0.484 e. The molecule has 0 radical (unpaired) electrons. The summed E-state index contributed by atoms with van der Waals surface area (Å²) in [7, 11) is -3.53. The number of hydrogen-bond donors (Lipinski definition) is 2. The average Bonchev–Trinajstić information content (AvgIpc) is 2.67. The van der Waals surface area contributed by atoms with Crippen LogP contribution in [0.15, 0.2) is 59.5 Å². The van der Waals surface area contributed by atoms with E-state index in [1.165, 1.54) is 12.1 Å². The fraction of sp³-hybridized carbons (Fsp3) is 0.350. The van der Waals surface area contributed by atoms with Crippen LogP contribution in [0, 0.1) is 0 Å². The molecule has 0 bridgehead atoms. The van der Waals surface area contributed by atoms with E-state index in [-0.39, 0.29) is 17.4 Å². The van der Waals surface area contributed by atoms with Gasteiger partial charge in [0.1, 0.15) is 5.75 Å². The van der Waals surface area contributed by atoms with Crippen LogP contribution in [-0.4, -0.2) is 27.5 Å². The van der Waals surface area contributed by atoms with Crippen molar-refractivity contribution in [2.45, 2.75) is 37.5 Å². The molecule has 2 aromatic carbocycles. The molecule has 0 heterocycles. The smallest absolute Gasteiger partial charge is 0.262 e. The summed E-state index contributed by atoms with van der Waals surface area (Å²) in [6.07, 6.45) is 4.04. The van der Waals surface area contributed by atoms with Crippen molar-refractivity contribution in [2.24, 2.45) is 0 Å². The van der Waals surface area contributed by atoms with Crippen molar-refractivity contribution < 1.29 is 17.9 Å². The molecule has 1 amide bonds. The Balaban J connectivity index is 1.82. The Morgan fingerprint density at radius 2 is 1.67 bits per heavy atom. The van der Waals surface area contributed by atoms with Crippen molar-refractivity contribution >= 4 is 21.6 Å². The monoisotopic (exact) mass is 390 g/mol. The molecule has 0 fully saturated rings. The van der Waals surface area contributed by atoms with E-state index in [1.807, 2.05) is 18.2 Å². The van der Waals surface area contributed by atoms with Gasteiger partial charge in [-0.2, -0.15) is 0 Å². The second-order valence-electron chi connectivity index (χ2n) is 6.13. The molecular formula is C20H26N2O4S. The first-order chi connectivity index (χ1) is 13.0. The lowest BCUT2D eigenvalue weighted by molar-refractivity contribution is -0.118. The van der Waals surface area contributed by atoms with E-state index < -0.39 is 10.0 Å². The molecule has 146 valence electrons. The van der Waals surface area contributed by atoms with Gasteiger partial charge in [-0.15, -0.1) is 0 Å². The van der Waals surface area contributed by atoms with Crippen molar-refractivity contribution in [3.8, 4) is 5.75 Å². The highest BCUT2D eigenvalue weighted by Crippen LogP contribution is 2.14. The predicted molar refractivity (Wildman–Crippen MR) is 106 cm³/mol. The fourth-order valence-electron chi connectivity index (χ4n) is 2.42.